The van der Waals surface area contributed by atoms with Gasteiger partial charge in [0.05, 0.1) is 32.3 Å². The molecule has 32 heavy (non-hydrogen) atoms. The first-order valence-corrected chi connectivity index (χ1v) is 10.5. The number of nitrogens with two attached hydrogens (primary N) is 1. The Hall–Kier alpha value is -3.18. The van der Waals surface area contributed by atoms with E-state index < -0.39 is 18.1 Å². The first-order chi connectivity index (χ1) is 15.3. The molecule has 0 radical (unpaired) electrons. The highest BCUT2D eigenvalue weighted by molar-refractivity contribution is 5.94. The number of unbranched alkanes of at least 4 members (excludes halogenated alkanes) is 1. The number of alkyl carbamates (subject to hydrolysis) is 1. The maximum Gasteiger partial charge on any atom is 0.407 e. The third-order valence-electron chi connectivity index (χ3n) is 4.92. The molecule has 1 aromatic carbocycles. The molecule has 1 unspecified atom stereocenters. The predicted octanol–water partition coefficient (Wildman–Crippen LogP) is 0.879. The summed E-state index contributed by atoms with van der Waals surface area (Å²) in [6.45, 7) is 2.07. The monoisotopic (exact) mass is 449 g/mol. The maximum atomic E-state index is 12.3. The molecule has 11 heteroatoms. The number of methoxy groups -OCH3 is 1. The lowest BCUT2D eigenvalue weighted by molar-refractivity contribution is -0.143. The fraction of sp³-hybridized carbons (Fsp3) is 0.524. The second kappa shape index (κ2) is 12.6. The lowest BCUT2D eigenvalue weighted by Crippen LogP contribution is -2.49. The van der Waals surface area contributed by atoms with Gasteiger partial charge in [-0.2, -0.15) is 5.48 Å². The van der Waals surface area contributed by atoms with Crippen molar-refractivity contribution in [2.75, 3.05) is 20.3 Å². The van der Waals surface area contributed by atoms with Gasteiger partial charge in [-0.25, -0.2) is 9.59 Å². The van der Waals surface area contributed by atoms with Crippen LogP contribution in [0.1, 0.15) is 49.8 Å². The van der Waals surface area contributed by atoms with E-state index in [4.69, 9.17) is 20.7 Å². The van der Waals surface area contributed by atoms with Gasteiger partial charge in [0.25, 0.3) is 0 Å². The molecule has 1 heterocycles. The number of hydrogen-bond donors (Lipinski definition) is 5. The van der Waals surface area contributed by atoms with Crippen LogP contribution in [0, 0.1) is 5.41 Å². The SMILES string of the molecule is CCCCOC(=O)NC(CNC(=O)C[C@H]1C[C@@H](c2ccc(C(=N)N)cc2)NO1)C(=O)OC. The van der Waals surface area contributed by atoms with Crippen LogP contribution in [0.2, 0.25) is 0 Å². The summed E-state index contributed by atoms with van der Waals surface area (Å²) in [7, 11) is 1.20. The molecule has 0 aliphatic carbocycles. The normalized spacial score (nSPS) is 18.4. The third kappa shape index (κ3) is 7.82. The quantitative estimate of drug-likeness (QED) is 0.144. The number of carbonyl (C=O) groups is 3. The predicted molar refractivity (Wildman–Crippen MR) is 116 cm³/mol. The molecule has 11 nitrogen and oxygen atoms in total. The van der Waals surface area contributed by atoms with Crippen molar-refractivity contribution in [3.8, 4) is 0 Å². The van der Waals surface area contributed by atoms with E-state index in [0.717, 1.165) is 12.0 Å². The molecule has 1 saturated heterocycles. The van der Waals surface area contributed by atoms with Crippen LogP contribution in [0.25, 0.3) is 0 Å². The van der Waals surface area contributed by atoms with Gasteiger partial charge in [0.2, 0.25) is 5.91 Å². The molecule has 1 aliphatic heterocycles. The summed E-state index contributed by atoms with van der Waals surface area (Å²) in [5.74, 6) is -1.03. The number of benzene rings is 1. The Bertz CT molecular complexity index is 800. The topological polar surface area (TPSA) is 165 Å². The molecule has 2 amide bonds. The molecule has 0 bridgehead atoms. The Morgan fingerprint density at radius 1 is 1.31 bits per heavy atom. The van der Waals surface area contributed by atoms with Gasteiger partial charge in [-0.05, 0) is 18.4 Å². The number of esters is 1. The van der Waals surface area contributed by atoms with E-state index in [-0.39, 0.29) is 43.5 Å². The zero-order valence-electron chi connectivity index (χ0n) is 18.3. The molecule has 1 fully saturated rings. The third-order valence-corrected chi connectivity index (χ3v) is 4.92. The molecular formula is C21H31N5O6. The van der Waals surface area contributed by atoms with Crippen molar-refractivity contribution < 1.29 is 28.7 Å². The number of hydrogen-bond acceptors (Lipinski definition) is 8. The van der Waals surface area contributed by atoms with Crippen molar-refractivity contribution in [3.63, 3.8) is 0 Å². The number of nitrogens with one attached hydrogen (secondary N) is 4. The average molecular weight is 450 g/mol. The maximum absolute atomic E-state index is 12.3. The van der Waals surface area contributed by atoms with Crippen LogP contribution in [0.5, 0.6) is 0 Å². The fourth-order valence-electron chi connectivity index (χ4n) is 3.09. The average Bonchev–Trinajstić information content (AvgIpc) is 3.24. The summed E-state index contributed by atoms with van der Waals surface area (Å²) in [6.07, 6.45) is 1.11. The smallest absolute Gasteiger partial charge is 0.407 e. The highest BCUT2D eigenvalue weighted by Crippen LogP contribution is 2.27. The van der Waals surface area contributed by atoms with Gasteiger partial charge in [0.15, 0.2) is 0 Å². The Morgan fingerprint density at radius 3 is 2.66 bits per heavy atom. The molecule has 0 spiro atoms. The molecule has 176 valence electrons. The summed E-state index contributed by atoms with van der Waals surface area (Å²) in [5, 5.41) is 12.5. The van der Waals surface area contributed by atoms with Crippen molar-refractivity contribution in [2.45, 2.75) is 50.8 Å². The first kappa shape index (κ1) is 25.1. The lowest BCUT2D eigenvalue weighted by atomic mass is 9.99. The molecule has 1 aromatic rings. The van der Waals surface area contributed by atoms with E-state index in [1.54, 1.807) is 12.1 Å². The number of rotatable bonds is 11. The minimum Gasteiger partial charge on any atom is -0.467 e. The van der Waals surface area contributed by atoms with Gasteiger partial charge in [0.1, 0.15) is 11.9 Å². The number of nitrogen functional groups attached to an aromatic ring is 1. The van der Waals surface area contributed by atoms with Crippen LogP contribution < -0.4 is 21.8 Å². The van der Waals surface area contributed by atoms with Crippen LogP contribution >= 0.6 is 0 Å². The summed E-state index contributed by atoms with van der Waals surface area (Å²) < 4.78 is 9.65. The van der Waals surface area contributed by atoms with E-state index in [1.165, 1.54) is 7.11 Å². The largest absolute Gasteiger partial charge is 0.467 e. The fourth-order valence-corrected chi connectivity index (χ4v) is 3.09. The van der Waals surface area contributed by atoms with Crippen LogP contribution in [0.15, 0.2) is 24.3 Å². The number of carbonyl (C=O) groups excluding carboxylic acids is 3. The van der Waals surface area contributed by atoms with E-state index >= 15 is 0 Å². The molecule has 0 saturated carbocycles. The van der Waals surface area contributed by atoms with Crippen molar-refractivity contribution in [2.24, 2.45) is 5.73 Å². The van der Waals surface area contributed by atoms with Crippen molar-refractivity contribution in [1.82, 2.24) is 16.1 Å². The molecule has 6 N–H and O–H groups in total. The van der Waals surface area contributed by atoms with Crippen molar-refractivity contribution in [3.05, 3.63) is 35.4 Å². The highest BCUT2D eigenvalue weighted by atomic mass is 16.7. The van der Waals surface area contributed by atoms with E-state index in [2.05, 4.69) is 20.9 Å². The van der Waals surface area contributed by atoms with Crippen LogP contribution in [0.4, 0.5) is 4.79 Å². The lowest BCUT2D eigenvalue weighted by Gasteiger charge is -2.17. The number of amides is 2. The summed E-state index contributed by atoms with van der Waals surface area (Å²) >= 11 is 0. The zero-order chi connectivity index (χ0) is 23.5. The number of ether oxygens (including phenoxy) is 2. The van der Waals surface area contributed by atoms with Gasteiger partial charge in [-0.1, -0.05) is 37.6 Å². The Morgan fingerprint density at radius 2 is 2.03 bits per heavy atom. The Balaban J connectivity index is 1.79. The highest BCUT2D eigenvalue weighted by Gasteiger charge is 2.29. The zero-order valence-corrected chi connectivity index (χ0v) is 18.3. The molecular weight excluding hydrogens is 418 g/mol. The minimum absolute atomic E-state index is 0.00398. The molecule has 1 aliphatic rings. The minimum atomic E-state index is -1.06. The molecule has 3 atom stereocenters. The van der Waals surface area contributed by atoms with Crippen LogP contribution in [-0.4, -0.2) is 56.2 Å². The van der Waals surface area contributed by atoms with E-state index in [9.17, 15) is 14.4 Å². The number of hydroxylamine groups is 1. The Labute approximate surface area is 186 Å². The summed E-state index contributed by atoms with van der Waals surface area (Å²) in [6, 6.07) is 6.06. The van der Waals surface area contributed by atoms with Gasteiger partial charge >= 0.3 is 12.1 Å². The van der Waals surface area contributed by atoms with Gasteiger partial charge in [-0.15, -0.1) is 0 Å². The Kier molecular flexibility index (Phi) is 9.89. The van der Waals surface area contributed by atoms with Gasteiger partial charge in [-0.3, -0.25) is 15.0 Å². The van der Waals surface area contributed by atoms with Gasteiger partial charge in [0, 0.05) is 12.1 Å². The second-order valence-corrected chi connectivity index (χ2v) is 7.40. The number of amidine groups is 1. The standard InChI is InChI=1S/C21H31N5O6/c1-3-4-9-31-21(29)25-17(20(28)30-2)12-24-18(27)11-15-10-16(26-32-15)13-5-7-14(8-6-13)19(22)23/h5-8,15-17,26H,3-4,9-12H2,1-2H3,(H3,22,23)(H,24,27)(H,25,29)/t15-,16+,17?/m1/s1. The van der Waals surface area contributed by atoms with Crippen molar-refractivity contribution >= 4 is 23.8 Å². The van der Waals surface area contributed by atoms with E-state index in [1.807, 2.05) is 19.1 Å². The van der Waals surface area contributed by atoms with Gasteiger partial charge < -0.3 is 25.8 Å². The van der Waals surface area contributed by atoms with E-state index in [0.29, 0.717) is 18.4 Å². The molecule has 0 aromatic heterocycles. The molecule has 2 rings (SSSR count). The van der Waals surface area contributed by atoms with Crippen molar-refractivity contribution in [1.29, 1.82) is 5.41 Å². The van der Waals surface area contributed by atoms with Crippen LogP contribution in [-0.2, 0) is 23.9 Å². The summed E-state index contributed by atoms with van der Waals surface area (Å²) in [4.78, 5) is 41.5. The van der Waals surface area contributed by atoms with Crippen LogP contribution in [0.3, 0.4) is 0 Å². The second-order valence-electron chi connectivity index (χ2n) is 7.40. The summed E-state index contributed by atoms with van der Waals surface area (Å²) in [5.41, 5.74) is 9.96. The first-order valence-electron chi connectivity index (χ1n) is 10.5.